The summed E-state index contributed by atoms with van der Waals surface area (Å²) in [6.07, 6.45) is 3.91. The van der Waals surface area contributed by atoms with Gasteiger partial charge in [-0.2, -0.15) is 0 Å². The van der Waals surface area contributed by atoms with Crippen molar-refractivity contribution in [2.24, 2.45) is 11.7 Å². The fourth-order valence-corrected chi connectivity index (χ4v) is 3.39. The van der Waals surface area contributed by atoms with Gasteiger partial charge in [0.2, 0.25) is 0 Å². The molecular formula is C18H25ClN2O3. The number of likely N-dealkylation sites (tertiary alicyclic amines) is 1. The number of carbonyl (C=O) groups excluding carboxylic acids is 1. The molecule has 3 rings (SSSR count). The van der Waals surface area contributed by atoms with Gasteiger partial charge in [-0.25, -0.2) is 0 Å². The molecule has 132 valence electrons. The molecule has 2 aliphatic rings. The second kappa shape index (κ2) is 7.90. The number of carbonyl (C=O) groups is 1. The Labute approximate surface area is 149 Å². The largest absolute Gasteiger partial charge is 0.493 e. The number of benzene rings is 1. The fraction of sp³-hybridized carbons (Fsp3) is 0.500. The van der Waals surface area contributed by atoms with Crippen LogP contribution in [0.5, 0.6) is 11.5 Å². The summed E-state index contributed by atoms with van der Waals surface area (Å²) in [5.41, 5.74) is 7.44. The van der Waals surface area contributed by atoms with Crippen LogP contribution in [0.25, 0.3) is 6.08 Å². The normalized spacial score (nSPS) is 22.6. The van der Waals surface area contributed by atoms with Crippen LogP contribution in [0.1, 0.15) is 25.3 Å². The molecule has 1 aromatic carbocycles. The van der Waals surface area contributed by atoms with Crippen LogP contribution < -0.4 is 15.2 Å². The number of piperidine rings is 1. The van der Waals surface area contributed by atoms with Crippen molar-refractivity contribution in [2.75, 3.05) is 26.8 Å². The van der Waals surface area contributed by atoms with Crippen molar-refractivity contribution >= 4 is 24.4 Å². The van der Waals surface area contributed by atoms with Crippen molar-refractivity contribution in [2.45, 2.75) is 25.8 Å². The molecule has 2 atom stereocenters. The van der Waals surface area contributed by atoms with Gasteiger partial charge in [0.1, 0.15) is 6.61 Å². The highest BCUT2D eigenvalue weighted by Crippen LogP contribution is 2.36. The van der Waals surface area contributed by atoms with Crippen LogP contribution in [0.15, 0.2) is 23.8 Å². The lowest BCUT2D eigenvalue weighted by Crippen LogP contribution is -2.50. The first-order chi connectivity index (χ1) is 11.1. The summed E-state index contributed by atoms with van der Waals surface area (Å²) in [7, 11) is 1.62. The molecule has 0 saturated carbocycles. The monoisotopic (exact) mass is 352 g/mol. The lowest BCUT2D eigenvalue weighted by Gasteiger charge is -2.38. The number of amides is 1. The highest BCUT2D eigenvalue weighted by Gasteiger charge is 2.31. The highest BCUT2D eigenvalue weighted by atomic mass is 35.5. The van der Waals surface area contributed by atoms with Gasteiger partial charge >= 0.3 is 0 Å². The van der Waals surface area contributed by atoms with Gasteiger partial charge in [0, 0.05) is 24.7 Å². The van der Waals surface area contributed by atoms with Gasteiger partial charge in [-0.15, -0.1) is 12.4 Å². The zero-order valence-electron chi connectivity index (χ0n) is 14.2. The van der Waals surface area contributed by atoms with E-state index in [9.17, 15) is 4.79 Å². The minimum atomic E-state index is 0. The van der Waals surface area contributed by atoms with Crippen molar-refractivity contribution in [3.05, 3.63) is 29.3 Å². The van der Waals surface area contributed by atoms with Gasteiger partial charge in [0.15, 0.2) is 11.5 Å². The van der Waals surface area contributed by atoms with Gasteiger partial charge in [0.25, 0.3) is 5.91 Å². The molecule has 2 unspecified atom stereocenters. The second-order valence-corrected chi connectivity index (χ2v) is 6.35. The van der Waals surface area contributed by atoms with E-state index in [4.69, 9.17) is 15.2 Å². The number of halogens is 1. The number of para-hydroxylation sites is 1. The van der Waals surface area contributed by atoms with E-state index in [0.29, 0.717) is 29.5 Å². The summed E-state index contributed by atoms with van der Waals surface area (Å²) < 4.78 is 11.1. The molecule has 2 N–H and O–H groups in total. The number of fused-ring (bicyclic) bond motifs is 1. The Kier molecular flexibility index (Phi) is 6.13. The van der Waals surface area contributed by atoms with Gasteiger partial charge in [0.05, 0.1) is 12.7 Å². The molecule has 6 heteroatoms. The maximum absolute atomic E-state index is 12.9. The lowest BCUT2D eigenvalue weighted by atomic mass is 9.91. The topological polar surface area (TPSA) is 64.8 Å². The number of ether oxygens (including phenoxy) is 2. The molecule has 0 aliphatic carbocycles. The fourth-order valence-electron chi connectivity index (χ4n) is 3.39. The van der Waals surface area contributed by atoms with Crippen LogP contribution >= 0.6 is 12.4 Å². The minimum Gasteiger partial charge on any atom is -0.493 e. The minimum absolute atomic E-state index is 0. The Balaban J connectivity index is 0.00000208. The molecule has 1 aromatic rings. The van der Waals surface area contributed by atoms with E-state index in [1.165, 1.54) is 0 Å². The van der Waals surface area contributed by atoms with Crippen molar-refractivity contribution in [3.63, 3.8) is 0 Å². The van der Waals surface area contributed by atoms with Gasteiger partial charge in [-0.3, -0.25) is 4.79 Å². The van der Waals surface area contributed by atoms with Crippen molar-refractivity contribution < 1.29 is 14.3 Å². The molecule has 2 aliphatic heterocycles. The summed E-state index contributed by atoms with van der Waals surface area (Å²) in [5, 5.41) is 0. The van der Waals surface area contributed by atoms with Crippen LogP contribution in [-0.2, 0) is 4.79 Å². The van der Waals surface area contributed by atoms with Crippen LogP contribution in [0, 0.1) is 5.92 Å². The molecule has 5 nitrogen and oxygen atoms in total. The van der Waals surface area contributed by atoms with Crippen LogP contribution in [0.4, 0.5) is 0 Å². The van der Waals surface area contributed by atoms with Crippen molar-refractivity contribution in [3.8, 4) is 11.5 Å². The molecular weight excluding hydrogens is 328 g/mol. The van der Waals surface area contributed by atoms with Gasteiger partial charge in [-0.05, 0) is 30.9 Å². The van der Waals surface area contributed by atoms with E-state index in [0.717, 1.165) is 24.9 Å². The maximum atomic E-state index is 12.9. The van der Waals surface area contributed by atoms with E-state index >= 15 is 0 Å². The summed E-state index contributed by atoms with van der Waals surface area (Å²) in [4.78, 5) is 14.8. The maximum Gasteiger partial charge on any atom is 0.253 e. The molecule has 1 saturated heterocycles. The average molecular weight is 353 g/mol. The van der Waals surface area contributed by atoms with Crippen LogP contribution in [-0.4, -0.2) is 43.7 Å². The third-order valence-electron chi connectivity index (χ3n) is 4.72. The molecule has 1 amide bonds. The standard InChI is InChI=1S/C18H24N2O3.ClH/c1-12-6-7-20(15(8-12)10-19)18(21)14-9-13-4-3-5-16(22-2)17(13)23-11-14;/h3-5,9,12,15H,6-8,10-11,19H2,1-2H3;1H. The SMILES string of the molecule is COc1cccc2c1OCC(C(=O)N1CCC(C)CC1CN)=C2.Cl. The Morgan fingerprint density at radius 1 is 1.46 bits per heavy atom. The average Bonchev–Trinajstić information content (AvgIpc) is 2.59. The Morgan fingerprint density at radius 2 is 2.25 bits per heavy atom. The zero-order chi connectivity index (χ0) is 16.4. The molecule has 24 heavy (non-hydrogen) atoms. The van der Waals surface area contributed by atoms with Crippen molar-refractivity contribution in [1.82, 2.24) is 4.90 Å². The number of rotatable bonds is 3. The number of nitrogens with zero attached hydrogens (tertiary/aromatic N) is 1. The molecule has 0 radical (unpaired) electrons. The zero-order valence-corrected chi connectivity index (χ0v) is 15.0. The van der Waals surface area contributed by atoms with Gasteiger partial charge < -0.3 is 20.1 Å². The summed E-state index contributed by atoms with van der Waals surface area (Å²) in [6.45, 7) is 3.77. The predicted molar refractivity (Wildman–Crippen MR) is 96.7 cm³/mol. The third kappa shape index (κ3) is 3.52. The first-order valence-corrected chi connectivity index (χ1v) is 8.15. The molecule has 0 aromatic heterocycles. The molecule has 0 bridgehead atoms. The van der Waals surface area contributed by atoms with E-state index in [1.807, 2.05) is 29.2 Å². The van der Waals surface area contributed by atoms with Crippen molar-refractivity contribution in [1.29, 1.82) is 0 Å². The second-order valence-electron chi connectivity index (χ2n) is 6.35. The van der Waals surface area contributed by atoms with Crippen LogP contribution in [0.2, 0.25) is 0 Å². The Bertz CT molecular complexity index is 633. The van der Waals surface area contributed by atoms with Crippen LogP contribution in [0.3, 0.4) is 0 Å². The predicted octanol–water partition coefficient (Wildman–Crippen LogP) is 2.48. The van der Waals surface area contributed by atoms with E-state index in [1.54, 1.807) is 7.11 Å². The molecule has 2 heterocycles. The summed E-state index contributed by atoms with van der Waals surface area (Å²) in [5.74, 6) is 2.06. The van der Waals surface area contributed by atoms with E-state index < -0.39 is 0 Å². The Morgan fingerprint density at radius 3 is 2.96 bits per heavy atom. The molecule has 0 spiro atoms. The van der Waals surface area contributed by atoms with E-state index in [-0.39, 0.29) is 31.0 Å². The first-order valence-electron chi connectivity index (χ1n) is 8.15. The summed E-state index contributed by atoms with van der Waals surface area (Å²) in [6, 6.07) is 5.81. The van der Waals surface area contributed by atoms with E-state index in [2.05, 4.69) is 6.92 Å². The first kappa shape index (κ1) is 18.6. The number of hydrogen-bond acceptors (Lipinski definition) is 4. The molecule has 1 fully saturated rings. The summed E-state index contributed by atoms with van der Waals surface area (Å²) >= 11 is 0. The number of methoxy groups -OCH3 is 1. The highest BCUT2D eigenvalue weighted by molar-refractivity contribution is 5.99. The Hall–Kier alpha value is -1.72. The number of hydrogen-bond donors (Lipinski definition) is 1. The smallest absolute Gasteiger partial charge is 0.253 e. The van der Waals surface area contributed by atoms with Gasteiger partial charge in [-0.1, -0.05) is 19.1 Å². The third-order valence-corrected chi connectivity index (χ3v) is 4.72. The number of nitrogens with two attached hydrogens (primary N) is 1. The lowest BCUT2D eigenvalue weighted by molar-refractivity contribution is -0.131. The quantitative estimate of drug-likeness (QED) is 0.907.